The van der Waals surface area contributed by atoms with E-state index in [2.05, 4.69) is 31.2 Å². The normalized spacial score (nSPS) is 34.9. The van der Waals surface area contributed by atoms with Gasteiger partial charge in [-0.25, -0.2) is 0 Å². The molecule has 2 aliphatic rings. The SMILES string of the molecule is Cc1ccc(S[C@@H]2[C@H]3SC(=O)S[C@H]3C[C@H]2Cl)cc1. The van der Waals surface area contributed by atoms with Crippen molar-refractivity contribution in [2.75, 3.05) is 0 Å². The third kappa shape index (κ3) is 2.58. The zero-order chi connectivity index (χ0) is 12.7. The molecule has 18 heavy (non-hydrogen) atoms. The molecule has 0 unspecified atom stereocenters. The van der Waals surface area contributed by atoms with E-state index >= 15 is 0 Å². The van der Waals surface area contributed by atoms with Gasteiger partial charge in [-0.3, -0.25) is 4.79 Å². The van der Waals surface area contributed by atoms with Crippen molar-refractivity contribution in [2.45, 2.75) is 39.4 Å². The summed E-state index contributed by atoms with van der Waals surface area (Å²) >= 11 is 11.3. The van der Waals surface area contributed by atoms with E-state index in [4.69, 9.17) is 11.6 Å². The Kier molecular flexibility index (Phi) is 3.90. The molecule has 1 aliphatic heterocycles. The molecule has 2 fully saturated rings. The Morgan fingerprint density at radius 1 is 1.28 bits per heavy atom. The molecule has 0 radical (unpaired) electrons. The van der Waals surface area contributed by atoms with Crippen LogP contribution in [0.5, 0.6) is 0 Å². The van der Waals surface area contributed by atoms with Gasteiger partial charge < -0.3 is 0 Å². The molecule has 0 amide bonds. The Balaban J connectivity index is 1.75. The number of alkyl halides is 1. The number of carbonyl (C=O) groups is 1. The first kappa shape index (κ1) is 13.2. The lowest BCUT2D eigenvalue weighted by molar-refractivity contribution is 0.277. The number of hydrogen-bond acceptors (Lipinski definition) is 4. The van der Waals surface area contributed by atoms with E-state index in [0.29, 0.717) is 15.7 Å². The highest BCUT2D eigenvalue weighted by atomic mass is 35.5. The topological polar surface area (TPSA) is 17.1 Å². The van der Waals surface area contributed by atoms with Gasteiger partial charge in [0.25, 0.3) is 0 Å². The first-order valence-corrected chi connectivity index (χ1v) is 8.96. The Bertz CT molecular complexity index is 462. The minimum absolute atomic E-state index is 0.180. The summed E-state index contributed by atoms with van der Waals surface area (Å²) in [5.41, 5.74) is 1.27. The van der Waals surface area contributed by atoms with E-state index < -0.39 is 0 Å². The van der Waals surface area contributed by atoms with Crippen LogP contribution in [-0.4, -0.2) is 25.6 Å². The fraction of sp³-hybridized carbons (Fsp3) is 0.462. The van der Waals surface area contributed by atoms with E-state index in [1.165, 1.54) is 34.0 Å². The first-order chi connectivity index (χ1) is 8.63. The minimum Gasteiger partial charge on any atom is -0.274 e. The molecular weight excluding hydrogens is 304 g/mol. The molecule has 96 valence electrons. The standard InChI is InChI=1S/C13H13ClOS3/c1-7-2-4-8(5-3-7)16-11-9(14)6-10-12(11)18-13(15)17-10/h2-5,9-12H,6H2,1H3/t9-,10+,11+,12+/m1/s1. The third-order valence-electron chi connectivity index (χ3n) is 3.28. The van der Waals surface area contributed by atoms with Crippen molar-refractivity contribution in [1.29, 1.82) is 0 Å². The van der Waals surface area contributed by atoms with Crippen LogP contribution in [0.25, 0.3) is 0 Å². The van der Waals surface area contributed by atoms with Crippen molar-refractivity contribution in [3.8, 4) is 0 Å². The summed E-state index contributed by atoms with van der Waals surface area (Å²) in [6.07, 6.45) is 0.957. The van der Waals surface area contributed by atoms with Crippen LogP contribution in [0.15, 0.2) is 29.2 Å². The summed E-state index contributed by atoms with van der Waals surface area (Å²) in [5.74, 6) is 0. The van der Waals surface area contributed by atoms with Gasteiger partial charge in [0.1, 0.15) is 0 Å². The van der Waals surface area contributed by atoms with Crippen molar-refractivity contribution in [3.05, 3.63) is 29.8 Å². The van der Waals surface area contributed by atoms with Crippen molar-refractivity contribution >= 4 is 51.3 Å². The molecule has 4 atom stereocenters. The highest BCUT2D eigenvalue weighted by Gasteiger charge is 2.49. The molecule has 1 aromatic rings. The molecular formula is C13H13ClOS3. The summed E-state index contributed by atoms with van der Waals surface area (Å²) in [4.78, 5) is 12.7. The van der Waals surface area contributed by atoms with Gasteiger partial charge in [0.15, 0.2) is 0 Å². The van der Waals surface area contributed by atoms with E-state index in [0.717, 1.165) is 6.42 Å². The highest BCUT2D eigenvalue weighted by Crippen LogP contribution is 2.53. The average Bonchev–Trinajstić information content (AvgIpc) is 2.80. The molecule has 0 bridgehead atoms. The van der Waals surface area contributed by atoms with Gasteiger partial charge in [-0.15, -0.1) is 23.4 Å². The van der Waals surface area contributed by atoms with Gasteiger partial charge >= 0.3 is 0 Å². The number of hydrogen-bond donors (Lipinski definition) is 0. The van der Waals surface area contributed by atoms with Crippen LogP contribution in [0.1, 0.15) is 12.0 Å². The average molecular weight is 317 g/mol. The van der Waals surface area contributed by atoms with Gasteiger partial charge in [0, 0.05) is 26.0 Å². The predicted octanol–water partition coefficient (Wildman–Crippen LogP) is 4.80. The Hall–Kier alpha value is 0.230. The lowest BCUT2D eigenvalue weighted by atomic mass is 10.2. The lowest BCUT2D eigenvalue weighted by Crippen LogP contribution is -2.21. The summed E-state index contributed by atoms with van der Waals surface area (Å²) in [6.45, 7) is 2.09. The number of fused-ring (bicyclic) bond motifs is 1. The zero-order valence-corrected chi connectivity index (χ0v) is 13.0. The number of thioether (sulfide) groups is 3. The monoisotopic (exact) mass is 316 g/mol. The maximum atomic E-state index is 11.5. The summed E-state index contributed by atoms with van der Waals surface area (Å²) in [5, 5.41) is 1.34. The summed E-state index contributed by atoms with van der Waals surface area (Å²) in [6, 6.07) is 8.54. The number of benzene rings is 1. The van der Waals surface area contributed by atoms with Crippen LogP contribution in [0.4, 0.5) is 4.79 Å². The fourth-order valence-corrected chi connectivity index (χ4v) is 7.58. The molecule has 3 rings (SSSR count). The smallest absolute Gasteiger partial charge is 0.246 e. The minimum atomic E-state index is 0.180. The largest absolute Gasteiger partial charge is 0.274 e. The van der Waals surface area contributed by atoms with Crippen LogP contribution < -0.4 is 0 Å². The van der Waals surface area contributed by atoms with Gasteiger partial charge in [0.2, 0.25) is 4.45 Å². The second kappa shape index (κ2) is 5.31. The van der Waals surface area contributed by atoms with Gasteiger partial charge in [-0.2, -0.15) is 0 Å². The van der Waals surface area contributed by atoms with Crippen LogP contribution in [0.3, 0.4) is 0 Å². The summed E-state index contributed by atoms with van der Waals surface area (Å²) < 4.78 is 0.267. The van der Waals surface area contributed by atoms with Crippen molar-refractivity contribution in [3.63, 3.8) is 0 Å². The molecule has 0 spiro atoms. The molecule has 1 aromatic carbocycles. The molecule has 0 N–H and O–H groups in total. The predicted molar refractivity (Wildman–Crippen MR) is 83.2 cm³/mol. The highest BCUT2D eigenvalue weighted by molar-refractivity contribution is 8.42. The van der Waals surface area contributed by atoms with E-state index in [9.17, 15) is 4.79 Å². The number of aryl methyl sites for hydroxylation is 1. The van der Waals surface area contributed by atoms with Crippen LogP contribution >= 0.6 is 46.9 Å². The second-order valence-electron chi connectivity index (χ2n) is 4.64. The van der Waals surface area contributed by atoms with Crippen molar-refractivity contribution in [1.82, 2.24) is 0 Å². The number of halogens is 1. The fourth-order valence-electron chi connectivity index (χ4n) is 2.34. The maximum Gasteiger partial charge on any atom is 0.246 e. The lowest BCUT2D eigenvalue weighted by Gasteiger charge is -2.18. The van der Waals surface area contributed by atoms with E-state index in [-0.39, 0.29) is 9.82 Å². The Morgan fingerprint density at radius 2 is 2.00 bits per heavy atom. The molecule has 1 nitrogen and oxygen atoms in total. The number of rotatable bonds is 2. The zero-order valence-electron chi connectivity index (χ0n) is 9.84. The quantitative estimate of drug-likeness (QED) is 0.728. The van der Waals surface area contributed by atoms with Crippen LogP contribution in [-0.2, 0) is 0 Å². The van der Waals surface area contributed by atoms with Crippen LogP contribution in [0, 0.1) is 6.92 Å². The van der Waals surface area contributed by atoms with Gasteiger partial charge in [0.05, 0.1) is 0 Å². The van der Waals surface area contributed by atoms with Gasteiger partial charge in [-0.05, 0) is 25.5 Å². The Labute approximate surface area is 125 Å². The second-order valence-corrected chi connectivity index (χ2v) is 9.07. The molecule has 1 aliphatic carbocycles. The maximum absolute atomic E-state index is 11.5. The molecule has 1 saturated heterocycles. The molecule has 1 heterocycles. The van der Waals surface area contributed by atoms with E-state index in [1.807, 2.05) is 11.8 Å². The third-order valence-corrected chi connectivity index (χ3v) is 8.30. The van der Waals surface area contributed by atoms with E-state index in [1.54, 1.807) is 0 Å². The number of carbonyl (C=O) groups excluding carboxylic acids is 1. The van der Waals surface area contributed by atoms with Crippen LogP contribution in [0.2, 0.25) is 0 Å². The van der Waals surface area contributed by atoms with Gasteiger partial charge in [-0.1, -0.05) is 41.2 Å². The molecule has 1 saturated carbocycles. The van der Waals surface area contributed by atoms with Crippen molar-refractivity contribution in [2.24, 2.45) is 0 Å². The molecule has 0 aromatic heterocycles. The summed E-state index contributed by atoms with van der Waals surface area (Å²) in [7, 11) is 0. The Morgan fingerprint density at radius 3 is 2.72 bits per heavy atom. The first-order valence-electron chi connectivity index (χ1n) is 5.88. The molecule has 5 heteroatoms. The van der Waals surface area contributed by atoms with Crippen molar-refractivity contribution < 1.29 is 4.79 Å².